The van der Waals surface area contributed by atoms with Crippen molar-refractivity contribution in [2.45, 2.75) is 13.0 Å². The van der Waals surface area contributed by atoms with Crippen LogP contribution < -0.4 is 10.5 Å². The Morgan fingerprint density at radius 1 is 1.17 bits per heavy atom. The Balaban J connectivity index is 1.65. The molecule has 0 fully saturated rings. The molecule has 4 aromatic rings. The molecule has 6 nitrogen and oxygen atoms in total. The van der Waals surface area contributed by atoms with E-state index in [0.29, 0.717) is 43.6 Å². The molecule has 2 aromatic carbocycles. The van der Waals surface area contributed by atoms with E-state index in [0.717, 1.165) is 0 Å². The monoisotopic (exact) mass is 443 g/mol. The normalized spacial score (nSPS) is 12.1. The molecule has 2 heterocycles. The number of H-pyrrole nitrogens is 1. The van der Waals surface area contributed by atoms with Crippen LogP contribution in [0.15, 0.2) is 48.8 Å². The summed E-state index contributed by atoms with van der Waals surface area (Å²) in [6, 6.07) is 9.17. The van der Waals surface area contributed by atoms with Gasteiger partial charge in [0, 0.05) is 29.2 Å². The minimum absolute atomic E-state index is 0.0576. The minimum Gasteiger partial charge on any atom is -0.486 e. The summed E-state index contributed by atoms with van der Waals surface area (Å²) < 4.78 is 19.4. The molecule has 0 aliphatic heterocycles. The molecule has 0 bridgehead atoms. The van der Waals surface area contributed by atoms with E-state index < -0.39 is 6.10 Å². The van der Waals surface area contributed by atoms with Gasteiger partial charge in [0.2, 0.25) is 0 Å². The summed E-state index contributed by atoms with van der Waals surface area (Å²) in [5, 5.41) is 9.33. The van der Waals surface area contributed by atoms with Gasteiger partial charge in [0.05, 0.1) is 21.1 Å². The Hall–Kier alpha value is -3.16. The third kappa shape index (κ3) is 3.81. The predicted octanol–water partition coefficient (Wildman–Crippen LogP) is 5.54. The maximum Gasteiger partial charge on any atom is 0.157 e. The molecule has 2 aromatic heterocycles. The first-order valence-corrected chi connectivity index (χ1v) is 9.68. The van der Waals surface area contributed by atoms with Crippen molar-refractivity contribution in [2.75, 3.05) is 5.73 Å². The lowest BCUT2D eigenvalue weighted by molar-refractivity contribution is 0.227. The Bertz CT molecular complexity index is 1250. The number of halogens is 3. The fourth-order valence-corrected chi connectivity index (χ4v) is 3.80. The lowest BCUT2D eigenvalue weighted by atomic mass is 10.1. The van der Waals surface area contributed by atoms with Gasteiger partial charge in [-0.3, -0.25) is 10.4 Å². The minimum atomic E-state index is -0.465. The summed E-state index contributed by atoms with van der Waals surface area (Å²) >= 11 is 12.4. The fourth-order valence-electron chi connectivity index (χ4n) is 3.13. The van der Waals surface area contributed by atoms with Gasteiger partial charge in [-0.15, -0.1) is 0 Å². The second-order valence-electron chi connectivity index (χ2n) is 6.65. The highest BCUT2D eigenvalue weighted by molar-refractivity contribution is 6.35. The molecule has 0 spiro atoms. The topological polar surface area (TPSA) is 101 Å². The number of nitrogens with one attached hydrogen (secondary N) is 2. The van der Waals surface area contributed by atoms with Crippen LogP contribution in [0.1, 0.15) is 30.0 Å². The average molecular weight is 444 g/mol. The maximum atomic E-state index is 13.4. The summed E-state index contributed by atoms with van der Waals surface area (Å²) in [4.78, 5) is 11.2. The van der Waals surface area contributed by atoms with Crippen LogP contribution in [0, 0.1) is 11.2 Å². The highest BCUT2D eigenvalue weighted by Crippen LogP contribution is 2.33. The second kappa shape index (κ2) is 7.93. The molecule has 1 unspecified atom stereocenters. The van der Waals surface area contributed by atoms with Gasteiger partial charge in [0.1, 0.15) is 23.4 Å². The van der Waals surface area contributed by atoms with E-state index in [4.69, 9.17) is 39.1 Å². The van der Waals surface area contributed by atoms with Gasteiger partial charge >= 0.3 is 0 Å². The number of hydrogen-bond donors (Lipinski definition) is 3. The van der Waals surface area contributed by atoms with Crippen LogP contribution in [-0.4, -0.2) is 20.7 Å². The molecule has 30 heavy (non-hydrogen) atoms. The molecule has 4 rings (SSSR count). The Kier molecular flexibility index (Phi) is 5.32. The summed E-state index contributed by atoms with van der Waals surface area (Å²) in [6.45, 7) is 1.81. The summed E-state index contributed by atoms with van der Waals surface area (Å²) in [6.07, 6.45) is 2.53. The largest absolute Gasteiger partial charge is 0.486 e. The smallest absolute Gasteiger partial charge is 0.157 e. The van der Waals surface area contributed by atoms with Crippen molar-refractivity contribution in [3.05, 3.63) is 81.6 Å². The van der Waals surface area contributed by atoms with Crippen molar-refractivity contribution < 1.29 is 9.13 Å². The molecular formula is C21H16Cl2FN5O. The number of nitrogen functional groups attached to an aromatic ring is 1. The molecule has 0 saturated heterocycles. The van der Waals surface area contributed by atoms with Gasteiger partial charge in [-0.05, 0) is 43.3 Å². The zero-order chi connectivity index (χ0) is 21.4. The molecule has 152 valence electrons. The summed E-state index contributed by atoms with van der Waals surface area (Å²) in [7, 11) is 0. The molecule has 0 saturated carbocycles. The van der Waals surface area contributed by atoms with E-state index >= 15 is 0 Å². The Morgan fingerprint density at radius 2 is 1.90 bits per heavy atom. The van der Waals surface area contributed by atoms with Crippen LogP contribution in [0.2, 0.25) is 10.0 Å². The van der Waals surface area contributed by atoms with E-state index in [1.807, 2.05) is 6.92 Å². The lowest BCUT2D eigenvalue weighted by Crippen LogP contribution is -2.09. The van der Waals surface area contributed by atoms with E-state index in [1.165, 1.54) is 24.5 Å². The zero-order valence-electron chi connectivity index (χ0n) is 15.7. The molecule has 0 aliphatic carbocycles. The van der Waals surface area contributed by atoms with Crippen molar-refractivity contribution in [3.63, 3.8) is 0 Å². The molecule has 9 heteroatoms. The van der Waals surface area contributed by atoms with Gasteiger partial charge in [0.15, 0.2) is 5.82 Å². The molecule has 0 amide bonds. The van der Waals surface area contributed by atoms with Gasteiger partial charge < -0.3 is 15.5 Å². The summed E-state index contributed by atoms with van der Waals surface area (Å²) in [5.41, 5.74) is 8.61. The number of fused-ring (bicyclic) bond motifs is 1. The second-order valence-corrected chi connectivity index (χ2v) is 7.46. The number of aromatic nitrogens is 3. The summed E-state index contributed by atoms with van der Waals surface area (Å²) in [5.74, 6) is 0.358. The molecule has 0 aliphatic rings. The molecular weight excluding hydrogens is 428 g/mol. The molecule has 4 N–H and O–H groups in total. The number of rotatable bonds is 5. The van der Waals surface area contributed by atoms with Gasteiger partial charge in [-0.1, -0.05) is 23.2 Å². The standard InChI is InChI=1S/C21H16Cl2FN5O/c1-10(19-14(22)8-27-9-15(19)23)30-12-3-4-16(25)13(7-12)20(26)21-28-17-5-2-11(24)6-18(17)29-21/h2-10,26H,25H2,1H3,(H,28,29). The average Bonchev–Trinajstić information content (AvgIpc) is 3.12. The van der Waals surface area contributed by atoms with Crippen molar-refractivity contribution in [1.82, 2.24) is 15.0 Å². The maximum absolute atomic E-state index is 13.4. The predicted molar refractivity (Wildman–Crippen MR) is 116 cm³/mol. The van der Waals surface area contributed by atoms with Crippen LogP contribution in [0.25, 0.3) is 11.0 Å². The number of imidazole rings is 1. The first-order chi connectivity index (χ1) is 14.3. The quantitative estimate of drug-likeness (QED) is 0.278. The van der Waals surface area contributed by atoms with Crippen molar-refractivity contribution in [1.29, 1.82) is 5.41 Å². The van der Waals surface area contributed by atoms with Gasteiger partial charge in [-0.25, -0.2) is 9.37 Å². The zero-order valence-corrected chi connectivity index (χ0v) is 17.2. The number of benzene rings is 2. The molecule has 0 radical (unpaired) electrons. The number of nitrogens with two attached hydrogens (primary N) is 1. The van der Waals surface area contributed by atoms with Crippen LogP contribution in [0.3, 0.4) is 0 Å². The highest BCUT2D eigenvalue weighted by Gasteiger charge is 2.18. The molecule has 1 atom stereocenters. The first kappa shape index (κ1) is 20.1. The number of ether oxygens (including phenoxy) is 1. The Labute approximate surface area is 181 Å². The van der Waals surface area contributed by atoms with E-state index in [9.17, 15) is 4.39 Å². The SMILES string of the molecule is CC(Oc1ccc(N)c(C(=N)c2nc3ccc(F)cc3[nH]2)c1)c1c(Cl)cncc1Cl. The Morgan fingerprint density at radius 3 is 2.63 bits per heavy atom. The number of pyridine rings is 1. The van der Waals surface area contributed by atoms with Gasteiger partial charge in [0.25, 0.3) is 0 Å². The number of nitrogens with zero attached hydrogens (tertiary/aromatic N) is 2. The third-order valence-electron chi connectivity index (χ3n) is 4.58. The fraction of sp³-hybridized carbons (Fsp3) is 0.0952. The van der Waals surface area contributed by atoms with Crippen molar-refractivity contribution in [3.8, 4) is 5.75 Å². The number of anilines is 1. The number of aromatic amines is 1. The van der Waals surface area contributed by atoms with Crippen LogP contribution >= 0.6 is 23.2 Å². The van der Waals surface area contributed by atoms with Crippen molar-refractivity contribution in [2.24, 2.45) is 0 Å². The van der Waals surface area contributed by atoms with Crippen LogP contribution in [0.5, 0.6) is 5.75 Å². The first-order valence-electron chi connectivity index (χ1n) is 8.93. The third-order valence-corrected chi connectivity index (χ3v) is 5.19. The van der Waals surface area contributed by atoms with Gasteiger partial charge in [-0.2, -0.15) is 0 Å². The van der Waals surface area contributed by atoms with Crippen LogP contribution in [0.4, 0.5) is 10.1 Å². The lowest BCUT2D eigenvalue weighted by Gasteiger charge is -2.18. The van der Waals surface area contributed by atoms with E-state index in [-0.39, 0.29) is 17.4 Å². The highest BCUT2D eigenvalue weighted by atomic mass is 35.5. The number of hydrogen-bond acceptors (Lipinski definition) is 5. The van der Waals surface area contributed by atoms with E-state index in [1.54, 1.807) is 24.3 Å². The van der Waals surface area contributed by atoms with Crippen molar-refractivity contribution >= 4 is 45.6 Å². The van der Waals surface area contributed by atoms with Crippen LogP contribution in [-0.2, 0) is 0 Å². The van der Waals surface area contributed by atoms with E-state index in [2.05, 4.69) is 15.0 Å².